The predicted molar refractivity (Wildman–Crippen MR) is 110 cm³/mol. The number of imidazole rings is 1. The predicted octanol–water partition coefficient (Wildman–Crippen LogP) is 4.65. The number of halogens is 4. The van der Waals surface area contributed by atoms with Crippen LogP contribution >= 0.6 is 0 Å². The van der Waals surface area contributed by atoms with E-state index in [-0.39, 0.29) is 29.5 Å². The Hall–Kier alpha value is -3.30. The number of carbonyl (C=O) groups excluding carboxylic acids is 1. The van der Waals surface area contributed by atoms with Crippen LogP contribution in [0, 0.1) is 5.82 Å². The molecule has 3 aromatic rings. The maximum absolute atomic E-state index is 13.9. The first kappa shape index (κ1) is 21.9. The largest absolute Gasteiger partial charge is 0.497 e. The third-order valence-corrected chi connectivity index (χ3v) is 5.59. The molecule has 0 atom stereocenters. The van der Waals surface area contributed by atoms with Gasteiger partial charge in [0, 0.05) is 36.0 Å². The van der Waals surface area contributed by atoms with Crippen molar-refractivity contribution >= 4 is 17.4 Å². The topological polar surface area (TPSA) is 67.7 Å². The highest BCUT2D eigenvalue weighted by Gasteiger charge is 2.34. The minimum Gasteiger partial charge on any atom is -0.497 e. The van der Waals surface area contributed by atoms with Crippen LogP contribution in [0.3, 0.4) is 0 Å². The average molecular weight is 450 g/mol. The van der Waals surface area contributed by atoms with E-state index in [1.165, 1.54) is 4.40 Å². The number of ether oxygens (including phenoxy) is 1. The third-order valence-electron chi connectivity index (χ3n) is 5.59. The van der Waals surface area contributed by atoms with E-state index in [1.807, 2.05) is 0 Å². The summed E-state index contributed by atoms with van der Waals surface area (Å²) in [6.07, 6.45) is -1.03. The fourth-order valence-electron chi connectivity index (χ4n) is 3.90. The molecule has 1 aliphatic rings. The van der Waals surface area contributed by atoms with Crippen LogP contribution < -0.4 is 15.4 Å². The van der Waals surface area contributed by atoms with Gasteiger partial charge in [-0.05, 0) is 49.9 Å². The molecule has 2 heterocycles. The highest BCUT2D eigenvalue weighted by atomic mass is 19.4. The van der Waals surface area contributed by atoms with E-state index in [0.717, 1.165) is 18.3 Å². The summed E-state index contributed by atoms with van der Waals surface area (Å²) in [4.78, 5) is 15.9. The highest BCUT2D eigenvalue weighted by molar-refractivity contribution is 5.94. The zero-order valence-electron chi connectivity index (χ0n) is 17.2. The number of nitrogens with zero attached hydrogens (tertiary/aromatic N) is 2. The molecule has 4 rings (SSSR count). The minimum absolute atomic E-state index is 0.0137. The molecule has 1 fully saturated rings. The minimum atomic E-state index is -4.61. The van der Waals surface area contributed by atoms with Gasteiger partial charge in [-0.15, -0.1) is 0 Å². The molecular formula is C22H22F4N4O2. The number of carbonyl (C=O) groups is 1. The molecule has 0 spiro atoms. The first-order chi connectivity index (χ1) is 15.2. The Bertz CT molecular complexity index is 1100. The second-order valence-electron chi connectivity index (χ2n) is 7.81. The Morgan fingerprint density at radius 2 is 1.75 bits per heavy atom. The number of methoxy groups -OCH3 is 1. The molecule has 1 saturated carbocycles. The van der Waals surface area contributed by atoms with Crippen molar-refractivity contribution in [2.75, 3.05) is 12.4 Å². The molecule has 32 heavy (non-hydrogen) atoms. The number of pyridine rings is 1. The van der Waals surface area contributed by atoms with Crippen LogP contribution in [0.1, 0.15) is 41.7 Å². The second-order valence-corrected chi connectivity index (χ2v) is 7.81. The summed E-state index contributed by atoms with van der Waals surface area (Å²) in [5.74, 6) is 0.0438. The number of hydrogen-bond acceptors (Lipinski definition) is 4. The van der Waals surface area contributed by atoms with Gasteiger partial charge in [-0.25, -0.2) is 9.37 Å². The smallest absolute Gasteiger partial charge is 0.434 e. The lowest BCUT2D eigenvalue weighted by Crippen LogP contribution is -2.40. The molecular weight excluding hydrogens is 428 g/mol. The standard InChI is InChI=1S/C22H22F4N4O2/c1-32-17-8-2-13(3-9-17)21(31)28-16-6-4-15(5-7-16)27-19-10-14(23)11-20-29-18(12-30(19)20)22(24,25)26/h2-3,8-12,15-16,27H,4-7H2,1H3,(H,28,31). The van der Waals surface area contributed by atoms with Crippen LogP contribution in [-0.4, -0.2) is 34.5 Å². The average Bonchev–Trinajstić information content (AvgIpc) is 3.20. The Morgan fingerprint density at radius 3 is 2.38 bits per heavy atom. The van der Waals surface area contributed by atoms with E-state index in [0.29, 0.717) is 37.0 Å². The molecule has 0 bridgehead atoms. The molecule has 10 heteroatoms. The number of aromatic nitrogens is 2. The third kappa shape index (κ3) is 4.79. The van der Waals surface area contributed by atoms with E-state index in [2.05, 4.69) is 15.6 Å². The van der Waals surface area contributed by atoms with Crippen LogP contribution in [0.5, 0.6) is 5.75 Å². The molecule has 1 aliphatic carbocycles. The van der Waals surface area contributed by atoms with Crippen molar-refractivity contribution in [3.8, 4) is 5.75 Å². The molecule has 1 aromatic carbocycles. The summed E-state index contributed by atoms with van der Waals surface area (Å²) in [6, 6.07) is 8.86. The molecule has 1 amide bonds. The van der Waals surface area contributed by atoms with E-state index in [9.17, 15) is 22.4 Å². The van der Waals surface area contributed by atoms with Crippen molar-refractivity contribution in [3.63, 3.8) is 0 Å². The molecule has 2 aromatic heterocycles. The van der Waals surface area contributed by atoms with Gasteiger partial charge in [-0.2, -0.15) is 13.2 Å². The Kier molecular flexibility index (Phi) is 5.94. The maximum atomic E-state index is 13.9. The second kappa shape index (κ2) is 8.68. The van der Waals surface area contributed by atoms with Gasteiger partial charge in [0.1, 0.15) is 23.0 Å². The molecule has 0 aliphatic heterocycles. The summed E-state index contributed by atoms with van der Waals surface area (Å²) < 4.78 is 59.2. The summed E-state index contributed by atoms with van der Waals surface area (Å²) >= 11 is 0. The number of hydrogen-bond donors (Lipinski definition) is 2. The lowest BCUT2D eigenvalue weighted by Gasteiger charge is -2.30. The first-order valence-electron chi connectivity index (χ1n) is 10.2. The van der Waals surface area contributed by atoms with Crippen LogP contribution in [-0.2, 0) is 6.18 Å². The van der Waals surface area contributed by atoms with E-state index in [4.69, 9.17) is 4.74 Å². The normalized spacial score (nSPS) is 19.0. The monoisotopic (exact) mass is 450 g/mol. The quantitative estimate of drug-likeness (QED) is 0.555. The number of nitrogens with one attached hydrogen (secondary N) is 2. The lowest BCUT2D eigenvalue weighted by atomic mass is 9.91. The van der Waals surface area contributed by atoms with Gasteiger partial charge in [0.15, 0.2) is 5.69 Å². The van der Waals surface area contributed by atoms with Crippen molar-refractivity contribution in [1.82, 2.24) is 14.7 Å². The Morgan fingerprint density at radius 1 is 1.09 bits per heavy atom. The molecule has 170 valence electrons. The van der Waals surface area contributed by atoms with Gasteiger partial charge >= 0.3 is 6.18 Å². The number of rotatable bonds is 5. The SMILES string of the molecule is COc1ccc(C(=O)NC2CCC(Nc3cc(F)cc4nc(C(F)(F)F)cn34)CC2)cc1. The zero-order chi connectivity index (χ0) is 22.9. The van der Waals surface area contributed by atoms with Crippen LogP contribution in [0.25, 0.3) is 5.65 Å². The first-order valence-corrected chi connectivity index (χ1v) is 10.2. The van der Waals surface area contributed by atoms with E-state index < -0.39 is 17.7 Å². The number of anilines is 1. The van der Waals surface area contributed by atoms with Crippen LogP contribution in [0.4, 0.5) is 23.4 Å². The summed E-state index contributed by atoms with van der Waals surface area (Å²) in [6.45, 7) is 0. The number of benzene rings is 1. The van der Waals surface area contributed by atoms with Crippen LogP contribution in [0.15, 0.2) is 42.6 Å². The van der Waals surface area contributed by atoms with Crippen molar-refractivity contribution in [3.05, 3.63) is 59.7 Å². The van der Waals surface area contributed by atoms with Gasteiger partial charge < -0.3 is 15.4 Å². The number of amides is 1. The highest BCUT2D eigenvalue weighted by Crippen LogP contribution is 2.30. The van der Waals surface area contributed by atoms with E-state index in [1.54, 1.807) is 31.4 Å². The summed E-state index contributed by atoms with van der Waals surface area (Å²) in [5, 5.41) is 6.14. The fourth-order valence-corrected chi connectivity index (χ4v) is 3.90. The van der Waals surface area contributed by atoms with Crippen molar-refractivity contribution in [2.45, 2.75) is 43.9 Å². The maximum Gasteiger partial charge on any atom is 0.434 e. The molecule has 0 saturated heterocycles. The Labute approximate surface area is 181 Å². The van der Waals surface area contributed by atoms with Crippen molar-refractivity contribution < 1.29 is 27.1 Å². The van der Waals surface area contributed by atoms with Gasteiger partial charge in [0.05, 0.1) is 7.11 Å². The molecule has 0 radical (unpaired) electrons. The molecule has 2 N–H and O–H groups in total. The number of alkyl halides is 3. The van der Waals surface area contributed by atoms with E-state index >= 15 is 0 Å². The number of fused-ring (bicyclic) bond motifs is 1. The Balaban J connectivity index is 1.38. The summed E-state index contributed by atoms with van der Waals surface area (Å²) in [7, 11) is 1.55. The van der Waals surface area contributed by atoms with Gasteiger partial charge in [0.25, 0.3) is 5.91 Å². The van der Waals surface area contributed by atoms with Gasteiger partial charge in [0.2, 0.25) is 0 Å². The zero-order valence-corrected chi connectivity index (χ0v) is 17.2. The van der Waals surface area contributed by atoms with Crippen molar-refractivity contribution in [1.29, 1.82) is 0 Å². The van der Waals surface area contributed by atoms with Crippen molar-refractivity contribution in [2.24, 2.45) is 0 Å². The van der Waals surface area contributed by atoms with Gasteiger partial charge in [-0.1, -0.05) is 0 Å². The molecule has 0 unspecified atom stereocenters. The lowest BCUT2D eigenvalue weighted by molar-refractivity contribution is -0.140. The molecule has 6 nitrogen and oxygen atoms in total. The fraction of sp³-hybridized carbons (Fsp3) is 0.364. The summed E-state index contributed by atoms with van der Waals surface area (Å²) in [5.41, 5.74) is -0.648. The van der Waals surface area contributed by atoms with Crippen LogP contribution in [0.2, 0.25) is 0 Å². The van der Waals surface area contributed by atoms with Gasteiger partial charge in [-0.3, -0.25) is 9.20 Å².